The van der Waals surface area contributed by atoms with Crippen LogP contribution in [0.3, 0.4) is 0 Å². The number of primary amides is 1. The van der Waals surface area contributed by atoms with Gasteiger partial charge >= 0.3 is 5.97 Å². The number of carbonyl (C=O) groups excluding carboxylic acids is 1. The molecule has 0 spiro atoms. The monoisotopic (exact) mass is 336 g/mol. The zero-order valence-corrected chi connectivity index (χ0v) is 11.3. The Bertz CT molecular complexity index is 599. The smallest absolute Gasteiger partial charge is 0.335 e. The first kappa shape index (κ1) is 14.6. The molecule has 0 unspecified atom stereocenters. The van der Waals surface area contributed by atoms with E-state index in [-0.39, 0.29) is 14.9 Å². The molecule has 1 amide bonds. The number of carbonyl (C=O) groups is 2. The topological polar surface area (TPSA) is 127 Å². The van der Waals surface area contributed by atoms with E-state index in [2.05, 4.69) is 15.9 Å². The van der Waals surface area contributed by atoms with Gasteiger partial charge in [-0.15, -0.1) is 0 Å². The number of benzene rings is 1. The fourth-order valence-corrected chi connectivity index (χ4v) is 3.07. The molecular formula is C9H9BrN2O5S. The molecule has 18 heavy (non-hydrogen) atoms. The molecule has 0 aliphatic carbocycles. The van der Waals surface area contributed by atoms with Crippen LogP contribution < -0.4 is 10.5 Å². The molecule has 1 aromatic carbocycles. The Morgan fingerprint density at radius 1 is 1.39 bits per heavy atom. The van der Waals surface area contributed by atoms with Crippen LogP contribution in [0.25, 0.3) is 0 Å². The third kappa shape index (κ3) is 3.52. The quantitative estimate of drug-likeness (QED) is 0.692. The minimum atomic E-state index is -4.00. The summed E-state index contributed by atoms with van der Waals surface area (Å²) in [4.78, 5) is 21.0. The van der Waals surface area contributed by atoms with Crippen LogP contribution in [0.4, 0.5) is 0 Å². The Morgan fingerprint density at radius 3 is 2.50 bits per heavy atom. The Balaban J connectivity index is 3.18. The van der Waals surface area contributed by atoms with Crippen molar-refractivity contribution in [2.24, 2.45) is 5.73 Å². The molecule has 0 aliphatic heterocycles. The molecule has 0 radical (unpaired) electrons. The highest BCUT2D eigenvalue weighted by Crippen LogP contribution is 2.23. The van der Waals surface area contributed by atoms with Gasteiger partial charge in [0.1, 0.15) is 0 Å². The number of amides is 1. The van der Waals surface area contributed by atoms with Crippen molar-refractivity contribution in [3.05, 3.63) is 28.2 Å². The summed E-state index contributed by atoms with van der Waals surface area (Å²) in [5.74, 6) is -2.10. The molecule has 0 heterocycles. The van der Waals surface area contributed by atoms with E-state index in [9.17, 15) is 18.0 Å². The van der Waals surface area contributed by atoms with E-state index in [1.165, 1.54) is 12.1 Å². The minimum Gasteiger partial charge on any atom is -0.478 e. The first-order valence-corrected chi connectivity index (χ1v) is 6.82. The Kier molecular flexibility index (Phi) is 4.43. The van der Waals surface area contributed by atoms with Gasteiger partial charge < -0.3 is 10.8 Å². The molecule has 98 valence electrons. The standard InChI is InChI=1S/C9H9BrN2O5S/c10-6-2-1-5(9(14)15)3-7(6)18(16,17)12-4-8(11)13/h1-3,12H,4H2,(H2,11,13)(H,14,15). The van der Waals surface area contributed by atoms with Crippen LogP contribution in [0.2, 0.25) is 0 Å². The number of nitrogens with two attached hydrogens (primary N) is 1. The van der Waals surface area contributed by atoms with Crippen molar-refractivity contribution in [3.63, 3.8) is 0 Å². The molecule has 1 rings (SSSR count). The van der Waals surface area contributed by atoms with Gasteiger partial charge in [-0.1, -0.05) is 0 Å². The largest absolute Gasteiger partial charge is 0.478 e. The lowest BCUT2D eigenvalue weighted by atomic mass is 10.2. The van der Waals surface area contributed by atoms with Crippen LogP contribution in [0, 0.1) is 0 Å². The SMILES string of the molecule is NC(=O)CNS(=O)(=O)c1cc(C(=O)O)ccc1Br. The number of carboxylic acids is 1. The molecule has 4 N–H and O–H groups in total. The normalized spacial score (nSPS) is 11.2. The maximum Gasteiger partial charge on any atom is 0.335 e. The molecule has 1 aromatic rings. The fourth-order valence-electron chi connectivity index (χ4n) is 1.09. The van der Waals surface area contributed by atoms with E-state index in [0.717, 1.165) is 6.07 Å². The predicted octanol–water partition coefficient (Wildman–Crippen LogP) is -0.0891. The van der Waals surface area contributed by atoms with Crippen LogP contribution in [0.1, 0.15) is 10.4 Å². The third-order valence-corrected chi connectivity index (χ3v) is 4.30. The van der Waals surface area contributed by atoms with Crippen molar-refractivity contribution in [1.82, 2.24) is 4.72 Å². The van der Waals surface area contributed by atoms with Gasteiger partial charge in [-0.2, -0.15) is 0 Å². The van der Waals surface area contributed by atoms with Gasteiger partial charge in [-0.25, -0.2) is 17.9 Å². The predicted molar refractivity (Wildman–Crippen MR) is 65.5 cm³/mol. The Labute approximate surface area is 111 Å². The Hall–Kier alpha value is -1.45. The van der Waals surface area contributed by atoms with E-state index >= 15 is 0 Å². The summed E-state index contributed by atoms with van der Waals surface area (Å²) in [6.45, 7) is -0.563. The Morgan fingerprint density at radius 2 is 2.00 bits per heavy atom. The first-order chi connectivity index (χ1) is 8.24. The summed E-state index contributed by atoms with van der Waals surface area (Å²) < 4.78 is 25.7. The molecule has 0 saturated heterocycles. The van der Waals surface area contributed by atoms with Gasteiger partial charge in [0.25, 0.3) is 0 Å². The van der Waals surface area contributed by atoms with Crippen LogP contribution in [0.15, 0.2) is 27.6 Å². The maximum absolute atomic E-state index is 11.8. The molecular weight excluding hydrogens is 328 g/mol. The number of aromatic carboxylic acids is 1. The number of hydrogen-bond acceptors (Lipinski definition) is 4. The van der Waals surface area contributed by atoms with E-state index in [1.807, 2.05) is 4.72 Å². The van der Waals surface area contributed by atoms with Crippen LogP contribution in [-0.4, -0.2) is 31.9 Å². The summed E-state index contributed by atoms with van der Waals surface area (Å²) in [6, 6.07) is 3.53. The summed E-state index contributed by atoms with van der Waals surface area (Å²) in [5.41, 5.74) is 4.64. The number of nitrogens with one attached hydrogen (secondary N) is 1. The van der Waals surface area contributed by atoms with Gasteiger partial charge in [0, 0.05) is 4.47 Å². The minimum absolute atomic E-state index is 0.183. The number of hydrogen-bond donors (Lipinski definition) is 3. The zero-order chi connectivity index (χ0) is 13.9. The highest BCUT2D eigenvalue weighted by atomic mass is 79.9. The van der Waals surface area contributed by atoms with Crippen molar-refractivity contribution in [2.75, 3.05) is 6.54 Å². The second-order valence-corrected chi connectivity index (χ2v) is 5.83. The fraction of sp³-hybridized carbons (Fsp3) is 0.111. The van der Waals surface area contributed by atoms with E-state index in [0.29, 0.717) is 0 Å². The molecule has 0 atom stereocenters. The molecule has 9 heteroatoms. The summed E-state index contributed by atoms with van der Waals surface area (Å²) in [6.07, 6.45) is 0. The van der Waals surface area contributed by atoms with Gasteiger partial charge in [-0.05, 0) is 34.1 Å². The van der Waals surface area contributed by atoms with Gasteiger partial charge in [0.05, 0.1) is 17.0 Å². The second kappa shape index (κ2) is 5.46. The summed E-state index contributed by atoms with van der Waals surface area (Å²) in [5, 5.41) is 8.78. The van der Waals surface area contributed by atoms with E-state index in [4.69, 9.17) is 10.8 Å². The highest BCUT2D eigenvalue weighted by Gasteiger charge is 2.20. The van der Waals surface area contributed by atoms with E-state index in [1.54, 1.807) is 0 Å². The maximum atomic E-state index is 11.8. The molecule has 0 saturated carbocycles. The molecule has 7 nitrogen and oxygen atoms in total. The number of rotatable bonds is 5. The molecule has 0 aliphatic rings. The average molecular weight is 337 g/mol. The van der Waals surface area contributed by atoms with Crippen LogP contribution in [-0.2, 0) is 14.8 Å². The van der Waals surface area contributed by atoms with Crippen molar-refractivity contribution < 1.29 is 23.1 Å². The highest BCUT2D eigenvalue weighted by molar-refractivity contribution is 9.10. The third-order valence-electron chi connectivity index (χ3n) is 1.90. The lowest BCUT2D eigenvalue weighted by Crippen LogP contribution is -2.33. The second-order valence-electron chi connectivity index (χ2n) is 3.24. The summed E-state index contributed by atoms with van der Waals surface area (Å²) >= 11 is 2.99. The van der Waals surface area contributed by atoms with Crippen molar-refractivity contribution >= 4 is 37.8 Å². The number of halogens is 1. The summed E-state index contributed by atoms with van der Waals surface area (Å²) in [7, 11) is -4.00. The average Bonchev–Trinajstić information content (AvgIpc) is 2.26. The molecule has 0 aromatic heterocycles. The molecule has 0 bridgehead atoms. The van der Waals surface area contributed by atoms with Crippen molar-refractivity contribution in [1.29, 1.82) is 0 Å². The lowest BCUT2D eigenvalue weighted by molar-refractivity contribution is -0.116. The van der Waals surface area contributed by atoms with Crippen molar-refractivity contribution in [3.8, 4) is 0 Å². The molecule has 0 fully saturated rings. The van der Waals surface area contributed by atoms with Crippen LogP contribution >= 0.6 is 15.9 Å². The van der Waals surface area contributed by atoms with Gasteiger partial charge in [0.15, 0.2) is 0 Å². The van der Waals surface area contributed by atoms with Gasteiger partial charge in [0.2, 0.25) is 15.9 Å². The van der Waals surface area contributed by atoms with Gasteiger partial charge in [-0.3, -0.25) is 4.79 Å². The van der Waals surface area contributed by atoms with E-state index < -0.39 is 28.4 Å². The van der Waals surface area contributed by atoms with Crippen molar-refractivity contribution in [2.45, 2.75) is 4.90 Å². The first-order valence-electron chi connectivity index (χ1n) is 4.55. The lowest BCUT2D eigenvalue weighted by Gasteiger charge is -2.07. The zero-order valence-electron chi connectivity index (χ0n) is 8.88. The number of carboxylic acid groups (broad SMARTS) is 1. The number of sulfonamides is 1. The van der Waals surface area contributed by atoms with Crippen LogP contribution in [0.5, 0.6) is 0 Å².